The Labute approximate surface area is 217 Å². The lowest BCUT2D eigenvalue weighted by molar-refractivity contribution is -0.122. The Morgan fingerprint density at radius 3 is 2.38 bits per heavy atom. The molecular weight excluding hydrogens is 470 g/mol. The monoisotopic (exact) mass is 503 g/mol. The minimum Gasteiger partial charge on any atom is -0.394 e. The van der Waals surface area contributed by atoms with Gasteiger partial charge in [-0.15, -0.1) is 0 Å². The lowest BCUT2D eigenvalue weighted by Crippen LogP contribution is -2.47. The number of hydrogen-bond donors (Lipinski definition) is 3. The predicted octanol–water partition coefficient (Wildman–Crippen LogP) is 3.77. The van der Waals surface area contributed by atoms with Crippen LogP contribution in [-0.4, -0.2) is 67.4 Å². The molecule has 1 unspecified atom stereocenters. The Kier molecular flexibility index (Phi) is 9.40. The predicted molar refractivity (Wildman–Crippen MR) is 143 cm³/mol. The molecule has 1 heterocycles. The van der Waals surface area contributed by atoms with Crippen LogP contribution in [0.1, 0.15) is 22.8 Å². The van der Waals surface area contributed by atoms with Crippen molar-refractivity contribution in [3.8, 4) is 11.1 Å². The van der Waals surface area contributed by atoms with E-state index in [1.807, 2.05) is 61.5 Å². The third-order valence-corrected chi connectivity index (χ3v) is 6.35. The van der Waals surface area contributed by atoms with Gasteiger partial charge in [0.15, 0.2) is 0 Å². The van der Waals surface area contributed by atoms with Crippen molar-refractivity contribution in [1.29, 1.82) is 0 Å². The normalized spacial score (nSPS) is 14.6. The molecule has 0 aliphatic carbocycles. The molecule has 2 amide bonds. The SMILES string of the molecule is CC(C(=O)Nc1cc(C(=O)Nc2ccc(-c3ccccc3)cc2)ccc1COCCO)N1CCOCC1. The van der Waals surface area contributed by atoms with E-state index in [9.17, 15) is 9.59 Å². The van der Waals surface area contributed by atoms with Crippen LogP contribution in [0.25, 0.3) is 11.1 Å². The highest BCUT2D eigenvalue weighted by Gasteiger charge is 2.24. The third kappa shape index (κ3) is 7.24. The number of ether oxygens (including phenoxy) is 2. The smallest absolute Gasteiger partial charge is 0.255 e. The molecule has 1 atom stereocenters. The number of rotatable bonds is 10. The van der Waals surface area contributed by atoms with Crippen molar-refractivity contribution in [3.05, 3.63) is 83.9 Å². The fourth-order valence-electron chi connectivity index (χ4n) is 4.15. The van der Waals surface area contributed by atoms with Crippen LogP contribution in [0.15, 0.2) is 72.8 Å². The number of nitrogens with one attached hydrogen (secondary N) is 2. The van der Waals surface area contributed by atoms with E-state index in [1.54, 1.807) is 18.2 Å². The number of morpholine rings is 1. The molecule has 8 nitrogen and oxygen atoms in total. The quantitative estimate of drug-likeness (QED) is 0.364. The van der Waals surface area contributed by atoms with Gasteiger partial charge in [-0.1, -0.05) is 48.5 Å². The Hall–Kier alpha value is -3.56. The first kappa shape index (κ1) is 26.5. The van der Waals surface area contributed by atoms with Crippen molar-refractivity contribution in [1.82, 2.24) is 4.90 Å². The summed E-state index contributed by atoms with van der Waals surface area (Å²) in [6.07, 6.45) is 0. The largest absolute Gasteiger partial charge is 0.394 e. The molecule has 1 aliphatic rings. The molecule has 4 rings (SSSR count). The van der Waals surface area contributed by atoms with Crippen molar-refractivity contribution in [2.45, 2.75) is 19.6 Å². The Morgan fingerprint density at radius 1 is 0.973 bits per heavy atom. The van der Waals surface area contributed by atoms with E-state index in [4.69, 9.17) is 14.6 Å². The number of hydrogen-bond acceptors (Lipinski definition) is 6. The second kappa shape index (κ2) is 13.1. The standard InChI is InChI=1S/C29H33N3O5/c1-21(32-13-16-36-17-14-32)28(34)31-27-19-24(7-8-25(27)20-37-18-15-33)29(35)30-26-11-9-23(10-12-26)22-5-3-2-4-6-22/h2-12,19,21,33H,13-18,20H2,1H3,(H,30,35)(H,31,34). The van der Waals surface area contributed by atoms with E-state index in [0.29, 0.717) is 43.2 Å². The number of carbonyl (C=O) groups excluding carboxylic acids is 2. The van der Waals surface area contributed by atoms with Gasteiger partial charge in [-0.3, -0.25) is 14.5 Å². The summed E-state index contributed by atoms with van der Waals surface area (Å²) >= 11 is 0. The van der Waals surface area contributed by atoms with E-state index < -0.39 is 0 Å². The number of aliphatic hydroxyl groups is 1. The molecule has 0 spiro atoms. The summed E-state index contributed by atoms with van der Waals surface area (Å²) in [7, 11) is 0. The molecule has 8 heteroatoms. The molecule has 1 saturated heterocycles. The van der Waals surface area contributed by atoms with Crippen LogP contribution in [-0.2, 0) is 20.9 Å². The Balaban J connectivity index is 1.48. The van der Waals surface area contributed by atoms with E-state index in [0.717, 1.165) is 16.7 Å². The lowest BCUT2D eigenvalue weighted by atomic mass is 10.1. The second-order valence-electron chi connectivity index (χ2n) is 8.86. The van der Waals surface area contributed by atoms with Gasteiger partial charge in [-0.25, -0.2) is 0 Å². The molecule has 1 fully saturated rings. The Morgan fingerprint density at radius 2 is 1.68 bits per heavy atom. The van der Waals surface area contributed by atoms with Gasteiger partial charge in [-0.05, 0) is 42.3 Å². The average Bonchev–Trinajstić information content (AvgIpc) is 2.94. The van der Waals surface area contributed by atoms with Crippen molar-refractivity contribution in [2.24, 2.45) is 0 Å². The highest BCUT2D eigenvalue weighted by Crippen LogP contribution is 2.23. The number of nitrogens with zero attached hydrogens (tertiary/aromatic N) is 1. The summed E-state index contributed by atoms with van der Waals surface area (Å²) in [4.78, 5) is 28.2. The molecule has 3 N–H and O–H groups in total. The van der Waals surface area contributed by atoms with Gasteiger partial charge in [0.1, 0.15) is 0 Å². The summed E-state index contributed by atoms with van der Waals surface area (Å²) in [5, 5.41) is 15.0. The van der Waals surface area contributed by atoms with E-state index >= 15 is 0 Å². The molecule has 3 aromatic carbocycles. The summed E-state index contributed by atoms with van der Waals surface area (Å²) in [5.74, 6) is -0.452. The van der Waals surface area contributed by atoms with Gasteiger partial charge in [0, 0.05) is 35.6 Å². The van der Waals surface area contributed by atoms with Crippen LogP contribution in [0.5, 0.6) is 0 Å². The number of carbonyl (C=O) groups is 2. The zero-order valence-electron chi connectivity index (χ0n) is 21.0. The number of aliphatic hydroxyl groups excluding tert-OH is 1. The molecule has 194 valence electrons. The highest BCUT2D eigenvalue weighted by atomic mass is 16.5. The minimum atomic E-state index is -0.351. The molecule has 1 aliphatic heterocycles. The van der Waals surface area contributed by atoms with Gasteiger partial charge in [0.2, 0.25) is 5.91 Å². The van der Waals surface area contributed by atoms with Crippen LogP contribution in [0, 0.1) is 0 Å². The van der Waals surface area contributed by atoms with Gasteiger partial charge in [0.05, 0.1) is 39.1 Å². The number of anilines is 2. The summed E-state index contributed by atoms with van der Waals surface area (Å²) in [5.41, 5.74) is 4.48. The fourth-order valence-corrected chi connectivity index (χ4v) is 4.15. The topological polar surface area (TPSA) is 100 Å². The van der Waals surface area contributed by atoms with Crippen LogP contribution >= 0.6 is 0 Å². The van der Waals surface area contributed by atoms with E-state index in [-0.39, 0.29) is 37.7 Å². The molecule has 0 bridgehead atoms. The molecular formula is C29H33N3O5. The third-order valence-electron chi connectivity index (χ3n) is 6.35. The highest BCUT2D eigenvalue weighted by molar-refractivity contribution is 6.06. The van der Waals surface area contributed by atoms with Crippen molar-refractivity contribution < 1.29 is 24.2 Å². The van der Waals surface area contributed by atoms with Gasteiger partial charge >= 0.3 is 0 Å². The zero-order chi connectivity index (χ0) is 26.0. The van der Waals surface area contributed by atoms with Crippen molar-refractivity contribution in [3.63, 3.8) is 0 Å². The number of benzene rings is 3. The average molecular weight is 504 g/mol. The Bertz CT molecular complexity index is 1180. The van der Waals surface area contributed by atoms with E-state index in [2.05, 4.69) is 15.5 Å². The van der Waals surface area contributed by atoms with Crippen LogP contribution < -0.4 is 10.6 Å². The minimum absolute atomic E-state index is 0.0979. The zero-order valence-corrected chi connectivity index (χ0v) is 21.0. The summed E-state index contributed by atoms with van der Waals surface area (Å²) in [6.45, 7) is 4.71. The summed E-state index contributed by atoms with van der Waals surface area (Å²) < 4.78 is 10.9. The first-order valence-corrected chi connectivity index (χ1v) is 12.5. The maximum Gasteiger partial charge on any atom is 0.255 e. The van der Waals surface area contributed by atoms with Crippen LogP contribution in [0.3, 0.4) is 0 Å². The second-order valence-corrected chi connectivity index (χ2v) is 8.86. The molecule has 3 aromatic rings. The van der Waals surface area contributed by atoms with Crippen LogP contribution in [0.4, 0.5) is 11.4 Å². The van der Waals surface area contributed by atoms with Crippen LogP contribution in [0.2, 0.25) is 0 Å². The fraction of sp³-hybridized carbons (Fsp3) is 0.310. The number of amides is 2. The molecule has 37 heavy (non-hydrogen) atoms. The maximum absolute atomic E-state index is 13.0. The van der Waals surface area contributed by atoms with Crippen molar-refractivity contribution >= 4 is 23.2 Å². The summed E-state index contributed by atoms with van der Waals surface area (Å²) in [6, 6.07) is 22.5. The maximum atomic E-state index is 13.0. The molecule has 0 radical (unpaired) electrons. The van der Waals surface area contributed by atoms with Gasteiger partial charge < -0.3 is 25.2 Å². The molecule has 0 aromatic heterocycles. The lowest BCUT2D eigenvalue weighted by Gasteiger charge is -2.31. The molecule has 0 saturated carbocycles. The first-order chi connectivity index (χ1) is 18.0. The van der Waals surface area contributed by atoms with E-state index in [1.165, 1.54) is 0 Å². The first-order valence-electron chi connectivity index (χ1n) is 12.5. The van der Waals surface area contributed by atoms with Gasteiger partial charge in [-0.2, -0.15) is 0 Å². The van der Waals surface area contributed by atoms with Gasteiger partial charge in [0.25, 0.3) is 5.91 Å². The van der Waals surface area contributed by atoms with Crippen molar-refractivity contribution in [2.75, 3.05) is 50.2 Å².